The summed E-state index contributed by atoms with van der Waals surface area (Å²) < 4.78 is 19.6. The van der Waals surface area contributed by atoms with Gasteiger partial charge in [-0.15, -0.1) is 10.2 Å². The Morgan fingerprint density at radius 3 is 2.26 bits per heavy atom. The molecule has 0 unspecified atom stereocenters. The van der Waals surface area contributed by atoms with Crippen molar-refractivity contribution in [3.05, 3.63) is 88.5 Å². The maximum atomic E-state index is 13.4. The first kappa shape index (κ1) is 25.8. The highest BCUT2D eigenvalue weighted by molar-refractivity contribution is 5.91. The molecule has 2 aromatic heterocycles. The number of hydrogen-bond acceptors (Lipinski definition) is 7. The summed E-state index contributed by atoms with van der Waals surface area (Å²) in [7, 11) is 4.55. The molecular weight excluding hydrogens is 498 g/mol. The third-order valence-corrected chi connectivity index (χ3v) is 6.57. The van der Waals surface area contributed by atoms with Gasteiger partial charge in [-0.1, -0.05) is 42.5 Å². The van der Waals surface area contributed by atoms with Crippen molar-refractivity contribution in [2.45, 2.75) is 25.8 Å². The lowest BCUT2D eigenvalue weighted by Gasteiger charge is -2.14. The molecule has 0 aliphatic rings. The van der Waals surface area contributed by atoms with E-state index in [-0.39, 0.29) is 17.9 Å². The van der Waals surface area contributed by atoms with Gasteiger partial charge in [-0.2, -0.15) is 0 Å². The van der Waals surface area contributed by atoms with Gasteiger partial charge in [-0.3, -0.25) is 18.6 Å². The Balaban J connectivity index is 1.41. The largest absolute Gasteiger partial charge is 0.493 e. The molecule has 2 heterocycles. The number of para-hydroxylation sites is 1. The Morgan fingerprint density at radius 1 is 0.872 bits per heavy atom. The Labute approximate surface area is 224 Å². The molecule has 5 rings (SSSR count). The van der Waals surface area contributed by atoms with Gasteiger partial charge in [0.1, 0.15) is 5.82 Å². The number of rotatable bonds is 10. The van der Waals surface area contributed by atoms with Crippen molar-refractivity contribution >= 4 is 28.3 Å². The summed E-state index contributed by atoms with van der Waals surface area (Å²) >= 11 is 0. The van der Waals surface area contributed by atoms with Crippen LogP contribution in [-0.2, 0) is 24.2 Å². The molecule has 0 saturated heterocycles. The van der Waals surface area contributed by atoms with E-state index < -0.39 is 0 Å². The Kier molecular flexibility index (Phi) is 7.44. The second-order valence-electron chi connectivity index (χ2n) is 8.92. The van der Waals surface area contributed by atoms with Crippen LogP contribution in [0, 0.1) is 0 Å². The van der Waals surface area contributed by atoms with Crippen LogP contribution in [0.5, 0.6) is 17.2 Å². The molecule has 10 nitrogen and oxygen atoms in total. The first-order chi connectivity index (χ1) is 19.0. The van der Waals surface area contributed by atoms with Crippen LogP contribution in [0.25, 0.3) is 16.7 Å². The number of nitrogens with one attached hydrogen (secondary N) is 1. The molecule has 0 saturated carbocycles. The lowest BCUT2D eigenvalue weighted by molar-refractivity contribution is -0.116. The summed E-state index contributed by atoms with van der Waals surface area (Å²) in [5, 5.41) is 12.2. The predicted octanol–water partition coefficient (Wildman–Crippen LogP) is 3.88. The summed E-state index contributed by atoms with van der Waals surface area (Å²) in [5.41, 5.74) is 2.23. The van der Waals surface area contributed by atoms with Gasteiger partial charge in [0.2, 0.25) is 17.4 Å². The fourth-order valence-electron chi connectivity index (χ4n) is 4.67. The zero-order valence-corrected chi connectivity index (χ0v) is 22.0. The van der Waals surface area contributed by atoms with Crippen LogP contribution in [-0.4, -0.2) is 46.4 Å². The fourth-order valence-corrected chi connectivity index (χ4v) is 4.67. The van der Waals surface area contributed by atoms with Crippen molar-refractivity contribution in [3.8, 4) is 17.2 Å². The number of aromatic nitrogens is 4. The van der Waals surface area contributed by atoms with Gasteiger partial charge in [-0.25, -0.2) is 0 Å². The van der Waals surface area contributed by atoms with Crippen LogP contribution in [0.4, 0.5) is 5.69 Å². The monoisotopic (exact) mass is 527 g/mol. The molecular formula is C29H29N5O5. The van der Waals surface area contributed by atoms with Gasteiger partial charge in [0, 0.05) is 37.2 Å². The zero-order valence-electron chi connectivity index (χ0n) is 22.0. The number of hydrogen-bond donors (Lipinski definition) is 1. The van der Waals surface area contributed by atoms with Gasteiger partial charge in [0.25, 0.3) is 5.56 Å². The van der Waals surface area contributed by atoms with Gasteiger partial charge in [-0.05, 0) is 24.1 Å². The van der Waals surface area contributed by atoms with Crippen LogP contribution < -0.4 is 25.1 Å². The minimum Gasteiger partial charge on any atom is -0.493 e. The fraction of sp³-hybridized carbons (Fsp3) is 0.241. The van der Waals surface area contributed by atoms with E-state index in [1.807, 2.05) is 52.9 Å². The lowest BCUT2D eigenvalue weighted by atomic mass is 10.1. The van der Waals surface area contributed by atoms with Gasteiger partial charge < -0.3 is 19.5 Å². The summed E-state index contributed by atoms with van der Waals surface area (Å²) in [6.45, 7) is 0.455. The third kappa shape index (κ3) is 5.13. The number of carbonyl (C=O) groups is 1. The molecule has 1 N–H and O–H groups in total. The van der Waals surface area contributed by atoms with E-state index in [0.717, 1.165) is 5.56 Å². The van der Waals surface area contributed by atoms with Crippen LogP contribution >= 0.6 is 0 Å². The number of benzene rings is 3. The van der Waals surface area contributed by atoms with Crippen LogP contribution in [0.2, 0.25) is 0 Å². The number of carbonyl (C=O) groups excluding carboxylic acids is 1. The molecule has 39 heavy (non-hydrogen) atoms. The summed E-state index contributed by atoms with van der Waals surface area (Å²) in [4.78, 5) is 26.3. The quantitative estimate of drug-likeness (QED) is 0.294. The second kappa shape index (κ2) is 11.3. The highest BCUT2D eigenvalue weighted by atomic mass is 16.5. The molecule has 0 bridgehead atoms. The molecule has 10 heteroatoms. The molecule has 200 valence electrons. The molecule has 3 aromatic carbocycles. The smallest absolute Gasteiger partial charge is 0.262 e. The molecule has 0 fully saturated rings. The van der Waals surface area contributed by atoms with Crippen LogP contribution in [0.3, 0.4) is 0 Å². The number of anilines is 1. The first-order valence-electron chi connectivity index (χ1n) is 12.5. The van der Waals surface area contributed by atoms with Crippen molar-refractivity contribution < 1.29 is 19.0 Å². The molecule has 0 spiro atoms. The first-order valence-corrected chi connectivity index (χ1v) is 12.5. The van der Waals surface area contributed by atoms with Crippen molar-refractivity contribution in [1.82, 2.24) is 19.2 Å². The maximum Gasteiger partial charge on any atom is 0.262 e. The molecule has 0 atom stereocenters. The molecule has 0 aliphatic carbocycles. The van der Waals surface area contributed by atoms with E-state index in [0.29, 0.717) is 64.8 Å². The molecule has 1 amide bonds. The molecule has 5 aromatic rings. The summed E-state index contributed by atoms with van der Waals surface area (Å²) in [5.74, 6) is 2.15. The molecule has 0 aliphatic heterocycles. The number of methoxy groups -OCH3 is 3. The van der Waals surface area contributed by atoms with Gasteiger partial charge >= 0.3 is 0 Å². The van der Waals surface area contributed by atoms with E-state index in [4.69, 9.17) is 14.2 Å². The summed E-state index contributed by atoms with van der Waals surface area (Å²) in [6, 6.07) is 20.7. The zero-order chi connectivity index (χ0) is 27.4. The van der Waals surface area contributed by atoms with Gasteiger partial charge in [0.05, 0.1) is 32.2 Å². The van der Waals surface area contributed by atoms with Crippen LogP contribution in [0.15, 0.2) is 71.5 Å². The number of fused-ring (bicyclic) bond motifs is 3. The van der Waals surface area contributed by atoms with Crippen molar-refractivity contribution in [3.63, 3.8) is 0 Å². The number of ether oxygens (including phenoxy) is 3. The summed E-state index contributed by atoms with van der Waals surface area (Å²) in [6.07, 6.45) is 1.14. The highest BCUT2D eigenvalue weighted by Gasteiger charge is 2.18. The standard InChI is InChI=1S/C29H29N5O5/c1-37-23-17-20(18-24(38-2)27(23)39-3)30-26(35)14-13-25-31-32-29-33(16-15-19-9-5-4-6-10-19)28(36)21-11-7-8-12-22(21)34(25)29/h4-12,17-18H,13-16H2,1-3H3,(H,30,35). The average molecular weight is 528 g/mol. The average Bonchev–Trinajstić information content (AvgIpc) is 3.40. The highest BCUT2D eigenvalue weighted by Crippen LogP contribution is 2.40. The van der Waals surface area contributed by atoms with Crippen molar-refractivity contribution in [2.24, 2.45) is 0 Å². The van der Waals surface area contributed by atoms with Crippen molar-refractivity contribution in [1.29, 1.82) is 0 Å². The number of nitrogens with zero attached hydrogens (tertiary/aromatic N) is 4. The van der Waals surface area contributed by atoms with E-state index in [2.05, 4.69) is 15.5 Å². The van der Waals surface area contributed by atoms with E-state index in [9.17, 15) is 9.59 Å². The minimum atomic E-state index is -0.220. The topological polar surface area (TPSA) is 109 Å². The minimum absolute atomic E-state index is 0.117. The third-order valence-electron chi connectivity index (χ3n) is 6.57. The van der Waals surface area contributed by atoms with Crippen molar-refractivity contribution in [2.75, 3.05) is 26.6 Å². The SMILES string of the molecule is COc1cc(NC(=O)CCc2nnc3n(CCc4ccccc4)c(=O)c4ccccc4n23)cc(OC)c1OC. The van der Waals surface area contributed by atoms with Gasteiger partial charge in [0.15, 0.2) is 11.5 Å². The van der Waals surface area contributed by atoms with Crippen LogP contribution in [0.1, 0.15) is 17.8 Å². The van der Waals surface area contributed by atoms with E-state index >= 15 is 0 Å². The number of aryl methyl sites for hydroxylation is 3. The Bertz CT molecular complexity index is 1670. The normalized spacial score (nSPS) is 11.1. The lowest BCUT2D eigenvalue weighted by Crippen LogP contribution is -2.24. The van der Waals surface area contributed by atoms with E-state index in [1.54, 1.807) is 22.8 Å². The Hall–Kier alpha value is -4.86. The number of amides is 1. The van der Waals surface area contributed by atoms with E-state index in [1.165, 1.54) is 21.3 Å². The Morgan fingerprint density at radius 2 is 1.56 bits per heavy atom. The predicted molar refractivity (Wildman–Crippen MR) is 148 cm³/mol. The second-order valence-corrected chi connectivity index (χ2v) is 8.92. The maximum absolute atomic E-state index is 13.4. The molecule has 0 radical (unpaired) electrons.